The van der Waals surface area contributed by atoms with Gasteiger partial charge in [0.05, 0.1) is 12.2 Å². The predicted octanol–water partition coefficient (Wildman–Crippen LogP) is 6.89. The number of nitrogens with zero attached hydrogens (tertiary/aromatic N) is 2. The Morgan fingerprint density at radius 1 is 0.974 bits per heavy atom. The summed E-state index contributed by atoms with van der Waals surface area (Å²) in [7, 11) is 0. The molecular formula is C27H30BrF3N4O4. The Morgan fingerprint density at radius 2 is 1.67 bits per heavy atom. The molecule has 0 atom stereocenters. The van der Waals surface area contributed by atoms with Gasteiger partial charge in [0.25, 0.3) is 0 Å². The van der Waals surface area contributed by atoms with Crippen molar-refractivity contribution in [3.05, 3.63) is 65.7 Å². The molecule has 0 aliphatic heterocycles. The van der Waals surface area contributed by atoms with E-state index in [0.29, 0.717) is 24.4 Å². The zero-order valence-electron chi connectivity index (χ0n) is 21.8. The summed E-state index contributed by atoms with van der Waals surface area (Å²) in [6, 6.07) is 15.1. The van der Waals surface area contributed by atoms with Crippen LogP contribution in [0.5, 0.6) is 11.6 Å². The largest absolute Gasteiger partial charge is 0.494 e. The number of esters is 1. The topological polar surface area (TPSA) is 94.6 Å². The van der Waals surface area contributed by atoms with E-state index in [4.69, 9.17) is 14.2 Å². The number of carbonyl (C=O) groups is 1. The lowest BCUT2D eigenvalue weighted by Gasteiger charge is -2.19. The Kier molecular flexibility index (Phi) is 10.4. The highest BCUT2D eigenvalue weighted by atomic mass is 79.9. The van der Waals surface area contributed by atoms with Crippen LogP contribution in [0.4, 0.5) is 30.6 Å². The van der Waals surface area contributed by atoms with Gasteiger partial charge in [0.2, 0.25) is 11.8 Å². The number of hydrogen-bond acceptors (Lipinski definition) is 8. The highest BCUT2D eigenvalue weighted by Crippen LogP contribution is 2.24. The van der Waals surface area contributed by atoms with Crippen LogP contribution in [-0.2, 0) is 11.3 Å². The van der Waals surface area contributed by atoms with Crippen molar-refractivity contribution < 1.29 is 32.2 Å². The monoisotopic (exact) mass is 610 g/mol. The van der Waals surface area contributed by atoms with Gasteiger partial charge in [-0.1, -0.05) is 28.1 Å². The molecule has 0 unspecified atom stereocenters. The van der Waals surface area contributed by atoms with Crippen molar-refractivity contribution >= 4 is 39.4 Å². The molecule has 210 valence electrons. The third-order valence-electron chi connectivity index (χ3n) is 4.80. The molecule has 39 heavy (non-hydrogen) atoms. The van der Waals surface area contributed by atoms with E-state index in [1.165, 1.54) is 6.07 Å². The molecule has 2 N–H and O–H groups in total. The number of aromatic nitrogens is 2. The summed E-state index contributed by atoms with van der Waals surface area (Å²) >= 11 is 3.36. The zero-order valence-corrected chi connectivity index (χ0v) is 23.4. The second-order valence-electron chi connectivity index (χ2n) is 9.41. The fourth-order valence-corrected chi connectivity index (χ4v) is 3.33. The van der Waals surface area contributed by atoms with Crippen LogP contribution < -0.4 is 20.1 Å². The highest BCUT2D eigenvalue weighted by Gasteiger charge is 2.29. The summed E-state index contributed by atoms with van der Waals surface area (Å²) in [5, 5.41) is 6.87. The summed E-state index contributed by atoms with van der Waals surface area (Å²) in [5.74, 6) is 0.283. The second kappa shape index (κ2) is 13.5. The molecule has 12 heteroatoms. The normalized spacial score (nSPS) is 11.6. The van der Waals surface area contributed by atoms with Crippen molar-refractivity contribution in [2.45, 2.75) is 45.5 Å². The third-order valence-corrected chi connectivity index (χ3v) is 5.36. The Hall–Kier alpha value is -3.54. The molecule has 0 fully saturated rings. The van der Waals surface area contributed by atoms with Crippen molar-refractivity contribution in [3.8, 4) is 11.6 Å². The lowest BCUT2D eigenvalue weighted by atomic mass is 10.1. The third kappa shape index (κ3) is 11.0. The van der Waals surface area contributed by atoms with E-state index in [9.17, 15) is 18.0 Å². The van der Waals surface area contributed by atoms with E-state index in [-0.39, 0.29) is 17.6 Å². The average molecular weight is 611 g/mol. The van der Waals surface area contributed by atoms with Gasteiger partial charge in [0, 0.05) is 23.6 Å². The number of carbonyl (C=O) groups excluding carboxylic acids is 1. The van der Waals surface area contributed by atoms with E-state index in [1.54, 1.807) is 45.0 Å². The molecule has 0 spiro atoms. The number of halogens is 4. The number of rotatable bonds is 12. The van der Waals surface area contributed by atoms with Gasteiger partial charge in [0.15, 0.2) is 6.61 Å². The van der Waals surface area contributed by atoms with Crippen molar-refractivity contribution in [1.29, 1.82) is 0 Å². The van der Waals surface area contributed by atoms with Crippen molar-refractivity contribution in [1.82, 2.24) is 9.97 Å². The Morgan fingerprint density at radius 3 is 2.28 bits per heavy atom. The smallest absolute Gasteiger partial charge is 0.422 e. The standard InChI is InChI=1S/C27H30BrF3N4O4/c1-26(2,3)39-24(36)19-7-9-20(10-8-19)33-22-15-23(38-17-27(29,30)31)35-25(34-22)32-16-18-5-11-21(12-6-18)37-14-4-13-28/h5-12,15H,4,13-14,16-17H2,1-3H3,(H2,32,33,34,35). The Balaban J connectivity index is 1.71. The van der Waals surface area contributed by atoms with Crippen LogP contribution in [0.25, 0.3) is 0 Å². The first-order valence-corrected chi connectivity index (χ1v) is 13.2. The molecule has 2 aromatic carbocycles. The van der Waals surface area contributed by atoms with Crippen LogP contribution in [0.3, 0.4) is 0 Å². The summed E-state index contributed by atoms with van der Waals surface area (Å²) in [5.41, 5.74) is 1.16. The fraction of sp³-hybridized carbons (Fsp3) is 0.370. The minimum atomic E-state index is -4.53. The van der Waals surface area contributed by atoms with Crippen LogP contribution >= 0.6 is 15.9 Å². The van der Waals surface area contributed by atoms with Gasteiger partial charge in [-0.2, -0.15) is 23.1 Å². The van der Waals surface area contributed by atoms with E-state index < -0.39 is 24.4 Å². The molecule has 3 rings (SSSR count). The molecular weight excluding hydrogens is 581 g/mol. The van der Waals surface area contributed by atoms with E-state index in [0.717, 1.165) is 23.1 Å². The lowest BCUT2D eigenvalue weighted by Crippen LogP contribution is -2.23. The van der Waals surface area contributed by atoms with Crippen molar-refractivity contribution in [3.63, 3.8) is 0 Å². The van der Waals surface area contributed by atoms with E-state index in [2.05, 4.69) is 36.5 Å². The molecule has 1 heterocycles. The minimum Gasteiger partial charge on any atom is -0.494 e. The van der Waals surface area contributed by atoms with Crippen LogP contribution in [0.15, 0.2) is 54.6 Å². The quantitative estimate of drug-likeness (QED) is 0.130. The first kappa shape index (κ1) is 30.0. The van der Waals surface area contributed by atoms with Gasteiger partial charge in [0.1, 0.15) is 17.2 Å². The molecule has 3 aromatic rings. The van der Waals surface area contributed by atoms with Crippen LogP contribution in [0.2, 0.25) is 0 Å². The number of nitrogens with one attached hydrogen (secondary N) is 2. The maximum absolute atomic E-state index is 12.7. The van der Waals surface area contributed by atoms with Gasteiger partial charge in [-0.25, -0.2) is 4.79 Å². The van der Waals surface area contributed by atoms with Gasteiger partial charge in [-0.15, -0.1) is 0 Å². The molecule has 0 radical (unpaired) electrons. The second-order valence-corrected chi connectivity index (χ2v) is 10.2. The van der Waals surface area contributed by atoms with Crippen molar-refractivity contribution in [2.24, 2.45) is 0 Å². The summed E-state index contributed by atoms with van der Waals surface area (Å²) in [6.45, 7) is 4.74. The Bertz CT molecular complexity index is 1220. The zero-order chi connectivity index (χ0) is 28.5. The fourth-order valence-electron chi connectivity index (χ4n) is 3.10. The molecule has 0 bridgehead atoms. The van der Waals surface area contributed by atoms with E-state index in [1.807, 2.05) is 24.3 Å². The molecule has 0 amide bonds. The highest BCUT2D eigenvalue weighted by molar-refractivity contribution is 9.09. The molecule has 0 saturated heterocycles. The lowest BCUT2D eigenvalue weighted by molar-refractivity contribution is -0.154. The molecule has 0 saturated carbocycles. The first-order valence-electron chi connectivity index (χ1n) is 12.1. The van der Waals surface area contributed by atoms with Crippen LogP contribution in [0, 0.1) is 0 Å². The molecule has 1 aromatic heterocycles. The number of ether oxygens (including phenoxy) is 3. The van der Waals surface area contributed by atoms with Gasteiger partial charge in [-0.05, 0) is 69.2 Å². The SMILES string of the molecule is CC(C)(C)OC(=O)c1ccc(Nc2cc(OCC(F)(F)F)nc(NCc3ccc(OCCCBr)cc3)n2)cc1. The van der Waals surface area contributed by atoms with Crippen LogP contribution in [0.1, 0.15) is 43.1 Å². The average Bonchev–Trinajstić information content (AvgIpc) is 2.86. The van der Waals surface area contributed by atoms with Gasteiger partial charge < -0.3 is 24.8 Å². The van der Waals surface area contributed by atoms with Gasteiger partial charge in [-0.3, -0.25) is 0 Å². The predicted molar refractivity (Wildman–Crippen MR) is 146 cm³/mol. The minimum absolute atomic E-state index is 0.0696. The molecule has 0 aliphatic carbocycles. The molecule has 8 nitrogen and oxygen atoms in total. The molecule has 0 aliphatic rings. The first-order chi connectivity index (χ1) is 18.4. The number of hydrogen-bond donors (Lipinski definition) is 2. The maximum Gasteiger partial charge on any atom is 0.422 e. The number of alkyl halides is 4. The Labute approximate surface area is 233 Å². The van der Waals surface area contributed by atoms with E-state index >= 15 is 0 Å². The summed E-state index contributed by atoms with van der Waals surface area (Å²) < 4.78 is 54.1. The maximum atomic E-state index is 12.7. The number of benzene rings is 2. The van der Waals surface area contributed by atoms with Gasteiger partial charge >= 0.3 is 12.1 Å². The van der Waals surface area contributed by atoms with Crippen LogP contribution in [-0.4, -0.2) is 46.3 Å². The summed E-state index contributed by atoms with van der Waals surface area (Å²) in [4.78, 5) is 20.7. The number of anilines is 3. The van der Waals surface area contributed by atoms with Crippen molar-refractivity contribution in [2.75, 3.05) is 29.2 Å². The summed E-state index contributed by atoms with van der Waals surface area (Å²) in [6.07, 6.45) is -3.64.